The number of para-hydroxylation sites is 1. The van der Waals surface area contributed by atoms with E-state index in [-0.39, 0.29) is 0 Å². The number of benzene rings is 4. The van der Waals surface area contributed by atoms with Gasteiger partial charge in [-0.05, 0) is 47.5 Å². The summed E-state index contributed by atoms with van der Waals surface area (Å²) in [6, 6.07) is 30.0. The lowest BCUT2D eigenvalue weighted by atomic mass is 10.0. The van der Waals surface area contributed by atoms with Crippen molar-refractivity contribution in [3.8, 4) is 33.9 Å². The number of halogens is 1. The Balaban J connectivity index is 1.46. The monoisotopic (exact) mass is 433 g/mol. The summed E-state index contributed by atoms with van der Waals surface area (Å²) in [5.74, 6) is 1.21. The van der Waals surface area contributed by atoms with Crippen molar-refractivity contribution in [2.24, 2.45) is 0 Å². The molecule has 2 aromatic heterocycles. The van der Waals surface area contributed by atoms with Gasteiger partial charge >= 0.3 is 0 Å². The third-order valence-electron chi connectivity index (χ3n) is 5.47. The van der Waals surface area contributed by atoms with Gasteiger partial charge in [0.1, 0.15) is 17.5 Å². The van der Waals surface area contributed by atoms with E-state index in [1.807, 2.05) is 72.8 Å². The Morgan fingerprint density at radius 2 is 1.28 bits per heavy atom. The van der Waals surface area contributed by atoms with E-state index in [9.17, 15) is 0 Å². The Bertz CT molecular complexity index is 1590. The minimum atomic E-state index is 0.581. The van der Waals surface area contributed by atoms with E-state index in [1.165, 1.54) is 6.33 Å². The molecule has 0 unspecified atom stereocenters. The van der Waals surface area contributed by atoms with Crippen molar-refractivity contribution in [2.75, 3.05) is 0 Å². The minimum Gasteiger partial charge on any atom is -0.456 e. The molecule has 32 heavy (non-hydrogen) atoms. The SMILES string of the molecule is Clc1cc(-c2ccc3oc4ccccc4c3c2)cc(-c2ncnc(-c3ccccc3)n2)c1. The first-order chi connectivity index (χ1) is 15.7. The average Bonchev–Trinajstić information content (AvgIpc) is 3.22. The zero-order valence-corrected chi connectivity index (χ0v) is 17.6. The maximum atomic E-state index is 6.51. The highest BCUT2D eigenvalue weighted by atomic mass is 35.5. The third-order valence-corrected chi connectivity index (χ3v) is 5.69. The largest absolute Gasteiger partial charge is 0.456 e. The van der Waals surface area contributed by atoms with Crippen LogP contribution in [-0.2, 0) is 0 Å². The molecule has 0 aliphatic heterocycles. The van der Waals surface area contributed by atoms with Gasteiger partial charge in [-0.1, -0.05) is 66.2 Å². The molecule has 152 valence electrons. The molecule has 6 aromatic rings. The van der Waals surface area contributed by atoms with Crippen LogP contribution in [0, 0.1) is 0 Å². The highest BCUT2D eigenvalue weighted by Gasteiger charge is 2.12. The topological polar surface area (TPSA) is 51.8 Å². The molecule has 0 saturated heterocycles. The van der Waals surface area contributed by atoms with Crippen LogP contribution in [0.25, 0.3) is 55.8 Å². The van der Waals surface area contributed by atoms with Crippen molar-refractivity contribution in [1.29, 1.82) is 0 Å². The highest BCUT2D eigenvalue weighted by molar-refractivity contribution is 6.31. The Morgan fingerprint density at radius 3 is 2.16 bits per heavy atom. The van der Waals surface area contributed by atoms with Crippen LogP contribution in [0.1, 0.15) is 0 Å². The van der Waals surface area contributed by atoms with Gasteiger partial charge in [0.15, 0.2) is 11.6 Å². The number of rotatable bonds is 3. The molecule has 4 nitrogen and oxygen atoms in total. The van der Waals surface area contributed by atoms with Crippen LogP contribution in [0.15, 0.2) is 102 Å². The lowest BCUT2D eigenvalue weighted by Crippen LogP contribution is -1.95. The van der Waals surface area contributed by atoms with E-state index >= 15 is 0 Å². The van der Waals surface area contributed by atoms with E-state index < -0.39 is 0 Å². The van der Waals surface area contributed by atoms with E-state index in [4.69, 9.17) is 16.0 Å². The molecular formula is C27H16ClN3O. The molecule has 2 heterocycles. The van der Waals surface area contributed by atoms with E-state index in [0.717, 1.165) is 44.2 Å². The fraction of sp³-hybridized carbons (Fsp3) is 0. The number of aromatic nitrogens is 3. The van der Waals surface area contributed by atoms with Gasteiger partial charge in [0.25, 0.3) is 0 Å². The molecule has 0 aliphatic rings. The first kappa shape index (κ1) is 18.7. The highest BCUT2D eigenvalue weighted by Crippen LogP contribution is 2.34. The summed E-state index contributed by atoms with van der Waals surface area (Å²) in [5.41, 5.74) is 5.55. The van der Waals surface area contributed by atoms with Crippen molar-refractivity contribution in [1.82, 2.24) is 15.0 Å². The molecule has 0 N–H and O–H groups in total. The quantitative estimate of drug-likeness (QED) is 0.291. The predicted octanol–water partition coefficient (Wildman–Crippen LogP) is 7.43. The van der Waals surface area contributed by atoms with Crippen molar-refractivity contribution < 1.29 is 4.42 Å². The van der Waals surface area contributed by atoms with Crippen molar-refractivity contribution >= 4 is 33.5 Å². The smallest absolute Gasteiger partial charge is 0.163 e. The van der Waals surface area contributed by atoms with Gasteiger partial charge in [-0.2, -0.15) is 0 Å². The Kier molecular flexibility index (Phi) is 4.44. The second-order valence-corrected chi connectivity index (χ2v) is 7.97. The summed E-state index contributed by atoms with van der Waals surface area (Å²) in [4.78, 5) is 13.4. The van der Waals surface area contributed by atoms with E-state index in [0.29, 0.717) is 16.7 Å². The molecule has 4 aromatic carbocycles. The fourth-order valence-electron chi connectivity index (χ4n) is 3.95. The van der Waals surface area contributed by atoms with Crippen LogP contribution >= 0.6 is 11.6 Å². The van der Waals surface area contributed by atoms with Gasteiger partial charge in [0, 0.05) is 26.9 Å². The van der Waals surface area contributed by atoms with Crippen LogP contribution in [0.2, 0.25) is 5.02 Å². The van der Waals surface area contributed by atoms with Crippen LogP contribution in [0.5, 0.6) is 0 Å². The molecule has 6 rings (SSSR count). The number of nitrogens with zero attached hydrogens (tertiary/aromatic N) is 3. The molecule has 0 radical (unpaired) electrons. The predicted molar refractivity (Wildman–Crippen MR) is 128 cm³/mol. The molecule has 5 heteroatoms. The second-order valence-electron chi connectivity index (χ2n) is 7.54. The Hall–Kier alpha value is -4.02. The standard InChI is InChI=1S/C27H16ClN3O/c28-21-13-19(18-10-11-25-23(15-18)22-8-4-5-9-24(22)32-25)12-20(14-21)27-30-16-29-26(31-27)17-6-2-1-3-7-17/h1-16H. The van der Waals surface area contributed by atoms with Gasteiger partial charge in [-0.25, -0.2) is 15.0 Å². The maximum absolute atomic E-state index is 6.51. The van der Waals surface area contributed by atoms with Crippen molar-refractivity contribution in [3.63, 3.8) is 0 Å². The average molecular weight is 434 g/mol. The Labute approximate surface area is 189 Å². The van der Waals surface area contributed by atoms with Gasteiger partial charge in [-0.3, -0.25) is 0 Å². The molecule has 0 fully saturated rings. The number of fused-ring (bicyclic) bond motifs is 3. The summed E-state index contributed by atoms with van der Waals surface area (Å²) >= 11 is 6.51. The number of hydrogen-bond donors (Lipinski definition) is 0. The molecule has 0 bridgehead atoms. The minimum absolute atomic E-state index is 0.581. The lowest BCUT2D eigenvalue weighted by molar-refractivity contribution is 0.669. The molecular weight excluding hydrogens is 418 g/mol. The normalized spacial score (nSPS) is 11.3. The second kappa shape index (κ2) is 7.59. The van der Waals surface area contributed by atoms with E-state index in [1.54, 1.807) is 0 Å². The van der Waals surface area contributed by atoms with Gasteiger partial charge in [0.05, 0.1) is 0 Å². The van der Waals surface area contributed by atoms with Crippen molar-refractivity contribution in [2.45, 2.75) is 0 Å². The van der Waals surface area contributed by atoms with Crippen LogP contribution in [0.4, 0.5) is 0 Å². The summed E-state index contributed by atoms with van der Waals surface area (Å²) in [6.07, 6.45) is 1.54. The van der Waals surface area contributed by atoms with Gasteiger partial charge in [-0.15, -0.1) is 0 Å². The zero-order valence-electron chi connectivity index (χ0n) is 16.9. The van der Waals surface area contributed by atoms with E-state index in [2.05, 4.69) is 33.2 Å². The molecule has 0 aliphatic carbocycles. The summed E-state index contributed by atoms with van der Waals surface area (Å²) in [5, 5.41) is 2.79. The first-order valence-electron chi connectivity index (χ1n) is 10.2. The Morgan fingerprint density at radius 1 is 0.562 bits per heavy atom. The van der Waals surface area contributed by atoms with Gasteiger partial charge in [0.2, 0.25) is 0 Å². The summed E-state index contributed by atoms with van der Waals surface area (Å²) in [7, 11) is 0. The fourth-order valence-corrected chi connectivity index (χ4v) is 4.19. The maximum Gasteiger partial charge on any atom is 0.163 e. The summed E-state index contributed by atoms with van der Waals surface area (Å²) in [6.45, 7) is 0. The zero-order chi connectivity index (χ0) is 21.5. The molecule has 0 saturated carbocycles. The molecule has 0 atom stereocenters. The van der Waals surface area contributed by atoms with Crippen LogP contribution in [0.3, 0.4) is 0 Å². The van der Waals surface area contributed by atoms with Gasteiger partial charge < -0.3 is 4.42 Å². The van der Waals surface area contributed by atoms with Crippen molar-refractivity contribution in [3.05, 3.63) is 102 Å². The van der Waals surface area contributed by atoms with Crippen LogP contribution in [-0.4, -0.2) is 15.0 Å². The molecule has 0 amide bonds. The number of furan rings is 1. The van der Waals surface area contributed by atoms with Crippen LogP contribution < -0.4 is 0 Å². The first-order valence-corrected chi connectivity index (χ1v) is 10.6. The molecule has 0 spiro atoms. The number of hydrogen-bond acceptors (Lipinski definition) is 4. The third kappa shape index (κ3) is 3.31. The lowest BCUT2D eigenvalue weighted by Gasteiger charge is -2.08. The summed E-state index contributed by atoms with van der Waals surface area (Å²) < 4.78 is 5.96.